The summed E-state index contributed by atoms with van der Waals surface area (Å²) in [4.78, 5) is 15.7. The summed E-state index contributed by atoms with van der Waals surface area (Å²) in [6.45, 7) is 0.251. The minimum Gasteiger partial charge on any atom is -0.481 e. The van der Waals surface area contributed by atoms with Crippen LogP contribution in [0.4, 0.5) is 0 Å². The van der Waals surface area contributed by atoms with Crippen LogP contribution in [-0.4, -0.2) is 33.6 Å². The number of hydrogen-bond donors (Lipinski definition) is 1. The van der Waals surface area contributed by atoms with Crippen LogP contribution in [0.5, 0.6) is 0 Å². The van der Waals surface area contributed by atoms with Crippen LogP contribution in [0.3, 0.4) is 0 Å². The van der Waals surface area contributed by atoms with Gasteiger partial charge in [-0.3, -0.25) is 4.79 Å². The molecule has 0 bridgehead atoms. The third kappa shape index (κ3) is 4.68. The van der Waals surface area contributed by atoms with Crippen molar-refractivity contribution in [3.05, 3.63) is 59.9 Å². The van der Waals surface area contributed by atoms with Gasteiger partial charge in [0.2, 0.25) is 0 Å². The molecule has 1 heterocycles. The first kappa shape index (κ1) is 14.6. The van der Waals surface area contributed by atoms with Gasteiger partial charge in [0.1, 0.15) is 12.3 Å². The van der Waals surface area contributed by atoms with Crippen molar-refractivity contribution in [2.24, 2.45) is 5.16 Å². The summed E-state index contributed by atoms with van der Waals surface area (Å²) in [6.07, 6.45) is 3.66. The molecular formula is C15H15N3O3. The summed E-state index contributed by atoms with van der Waals surface area (Å²) < 4.78 is 0. The van der Waals surface area contributed by atoms with Gasteiger partial charge < -0.3 is 9.94 Å². The van der Waals surface area contributed by atoms with Crippen LogP contribution in [0.25, 0.3) is 0 Å². The third-order valence-electron chi connectivity index (χ3n) is 2.69. The van der Waals surface area contributed by atoms with Gasteiger partial charge in [0.25, 0.3) is 0 Å². The van der Waals surface area contributed by atoms with E-state index in [2.05, 4.69) is 15.4 Å². The topological polar surface area (TPSA) is 84.7 Å². The first-order chi connectivity index (χ1) is 10.3. The molecule has 6 nitrogen and oxygen atoms in total. The number of aliphatic carboxylic acids is 1. The van der Waals surface area contributed by atoms with E-state index in [0.717, 1.165) is 11.1 Å². The number of nitrogens with zero attached hydrogens (tertiary/aromatic N) is 3. The third-order valence-corrected chi connectivity index (χ3v) is 2.69. The predicted octanol–water partition coefficient (Wildman–Crippen LogP) is 2.11. The molecule has 2 rings (SSSR count). The number of carboxylic acid groups (broad SMARTS) is 1. The molecule has 0 radical (unpaired) electrons. The van der Waals surface area contributed by atoms with E-state index in [1.807, 2.05) is 30.3 Å². The van der Waals surface area contributed by atoms with Gasteiger partial charge in [0.05, 0.1) is 12.4 Å². The minimum atomic E-state index is -0.843. The van der Waals surface area contributed by atoms with Crippen molar-refractivity contribution < 1.29 is 14.7 Å². The lowest BCUT2D eigenvalue weighted by molar-refractivity contribution is -0.137. The standard InChI is InChI=1S/C15H15N3O3/c19-14(20)7-4-10-21-18-15(12-5-2-1-3-6-12)13-8-9-16-17-11-13/h1-3,5-6,8-9,11H,4,7,10H2,(H,19,20)/b18-15+. The Hall–Kier alpha value is -2.76. The number of carbonyl (C=O) groups is 1. The van der Waals surface area contributed by atoms with E-state index in [1.165, 1.54) is 0 Å². The molecule has 0 fully saturated rings. The van der Waals surface area contributed by atoms with Crippen LogP contribution in [0.2, 0.25) is 0 Å². The highest BCUT2D eigenvalue weighted by molar-refractivity contribution is 6.12. The molecule has 6 heteroatoms. The fraction of sp³-hybridized carbons (Fsp3) is 0.200. The molecule has 108 valence electrons. The van der Waals surface area contributed by atoms with Gasteiger partial charge in [-0.25, -0.2) is 0 Å². The lowest BCUT2D eigenvalue weighted by Crippen LogP contribution is -2.06. The second-order valence-electron chi connectivity index (χ2n) is 4.27. The van der Waals surface area contributed by atoms with Crippen molar-refractivity contribution >= 4 is 11.7 Å². The summed E-state index contributed by atoms with van der Waals surface area (Å²) >= 11 is 0. The normalized spacial score (nSPS) is 11.1. The second kappa shape index (κ2) is 7.74. The Labute approximate surface area is 122 Å². The zero-order valence-corrected chi connectivity index (χ0v) is 11.3. The number of aromatic nitrogens is 2. The summed E-state index contributed by atoms with van der Waals surface area (Å²) in [7, 11) is 0. The fourth-order valence-corrected chi connectivity index (χ4v) is 1.70. The van der Waals surface area contributed by atoms with Gasteiger partial charge >= 0.3 is 5.97 Å². The van der Waals surface area contributed by atoms with Gasteiger partial charge in [-0.1, -0.05) is 35.5 Å². The highest BCUT2D eigenvalue weighted by Gasteiger charge is 2.08. The molecular weight excluding hydrogens is 270 g/mol. The molecule has 1 aromatic heterocycles. The molecule has 21 heavy (non-hydrogen) atoms. The quantitative estimate of drug-likeness (QED) is 0.478. The number of rotatable bonds is 7. The first-order valence-electron chi connectivity index (χ1n) is 6.51. The largest absolute Gasteiger partial charge is 0.481 e. The summed E-state index contributed by atoms with van der Waals surface area (Å²) in [5.41, 5.74) is 2.32. The van der Waals surface area contributed by atoms with Gasteiger partial charge in [-0.2, -0.15) is 10.2 Å². The lowest BCUT2D eigenvalue weighted by Gasteiger charge is -2.06. The highest BCUT2D eigenvalue weighted by Crippen LogP contribution is 2.10. The van der Waals surface area contributed by atoms with E-state index >= 15 is 0 Å². The van der Waals surface area contributed by atoms with Crippen molar-refractivity contribution in [2.45, 2.75) is 12.8 Å². The van der Waals surface area contributed by atoms with Gasteiger partial charge in [-0.15, -0.1) is 0 Å². The van der Waals surface area contributed by atoms with E-state index in [9.17, 15) is 4.79 Å². The van der Waals surface area contributed by atoms with E-state index in [1.54, 1.807) is 18.5 Å². The Morgan fingerprint density at radius 2 is 1.95 bits per heavy atom. The van der Waals surface area contributed by atoms with E-state index in [-0.39, 0.29) is 13.0 Å². The molecule has 0 aliphatic carbocycles. The molecule has 0 atom stereocenters. The monoisotopic (exact) mass is 285 g/mol. The molecule has 1 aromatic carbocycles. The molecule has 2 aromatic rings. The van der Waals surface area contributed by atoms with Gasteiger partial charge in [0.15, 0.2) is 0 Å². The number of benzene rings is 1. The Balaban J connectivity index is 2.11. The highest BCUT2D eigenvalue weighted by atomic mass is 16.6. The summed E-state index contributed by atoms with van der Waals surface area (Å²) in [6, 6.07) is 11.4. The van der Waals surface area contributed by atoms with E-state index < -0.39 is 5.97 Å². The van der Waals surface area contributed by atoms with Crippen LogP contribution in [0.15, 0.2) is 53.9 Å². The van der Waals surface area contributed by atoms with Crippen molar-refractivity contribution in [3.63, 3.8) is 0 Å². The molecule has 0 saturated heterocycles. The molecule has 0 amide bonds. The zero-order valence-electron chi connectivity index (χ0n) is 11.3. The van der Waals surface area contributed by atoms with Crippen molar-refractivity contribution in [3.8, 4) is 0 Å². The Morgan fingerprint density at radius 3 is 2.62 bits per heavy atom. The van der Waals surface area contributed by atoms with Gasteiger partial charge in [-0.05, 0) is 12.5 Å². The smallest absolute Gasteiger partial charge is 0.303 e. The molecule has 0 saturated carbocycles. The number of hydrogen-bond acceptors (Lipinski definition) is 5. The number of carboxylic acids is 1. The predicted molar refractivity (Wildman–Crippen MR) is 76.9 cm³/mol. The molecule has 1 N–H and O–H groups in total. The maximum absolute atomic E-state index is 10.4. The second-order valence-corrected chi connectivity index (χ2v) is 4.27. The van der Waals surface area contributed by atoms with Crippen LogP contribution >= 0.6 is 0 Å². The lowest BCUT2D eigenvalue weighted by atomic mass is 10.1. The van der Waals surface area contributed by atoms with Crippen LogP contribution in [-0.2, 0) is 9.63 Å². The van der Waals surface area contributed by atoms with Crippen molar-refractivity contribution in [1.82, 2.24) is 10.2 Å². The fourth-order valence-electron chi connectivity index (χ4n) is 1.70. The average molecular weight is 285 g/mol. The molecule has 0 aliphatic rings. The van der Waals surface area contributed by atoms with Crippen molar-refractivity contribution in [2.75, 3.05) is 6.61 Å². The van der Waals surface area contributed by atoms with Gasteiger partial charge in [0, 0.05) is 17.5 Å². The van der Waals surface area contributed by atoms with E-state index in [4.69, 9.17) is 9.94 Å². The maximum atomic E-state index is 10.4. The minimum absolute atomic E-state index is 0.0625. The van der Waals surface area contributed by atoms with Crippen LogP contribution in [0.1, 0.15) is 24.0 Å². The molecule has 0 spiro atoms. The zero-order chi connectivity index (χ0) is 14.9. The van der Waals surface area contributed by atoms with Crippen molar-refractivity contribution in [1.29, 1.82) is 0 Å². The Kier molecular flexibility index (Phi) is 5.40. The average Bonchev–Trinajstić information content (AvgIpc) is 2.52. The first-order valence-corrected chi connectivity index (χ1v) is 6.51. The summed E-state index contributed by atoms with van der Waals surface area (Å²) in [5.74, 6) is -0.843. The molecule has 0 aliphatic heterocycles. The van der Waals surface area contributed by atoms with Crippen LogP contribution < -0.4 is 0 Å². The maximum Gasteiger partial charge on any atom is 0.303 e. The van der Waals surface area contributed by atoms with E-state index in [0.29, 0.717) is 12.1 Å². The Morgan fingerprint density at radius 1 is 1.14 bits per heavy atom. The summed E-state index contributed by atoms with van der Waals surface area (Å²) in [5, 5.41) is 20.3. The SMILES string of the molecule is O=C(O)CCCO/N=C(\c1ccccc1)c1ccnnc1. The number of oxime groups is 1. The van der Waals surface area contributed by atoms with Crippen LogP contribution in [0, 0.1) is 0 Å². The molecule has 0 unspecified atom stereocenters. The Bertz CT molecular complexity index is 559.